The van der Waals surface area contributed by atoms with Crippen molar-refractivity contribution in [3.8, 4) is 0 Å². The highest BCUT2D eigenvalue weighted by Gasteiger charge is 2.56. The van der Waals surface area contributed by atoms with Gasteiger partial charge in [-0.05, 0) is 31.4 Å². The number of carbonyl (C=O) groups is 2. The molecular formula is C16H18ClNO6S. The molecular weight excluding hydrogens is 370 g/mol. The number of aliphatic hydroxyl groups excluding tert-OH is 1. The summed E-state index contributed by atoms with van der Waals surface area (Å²) in [5.41, 5.74) is -0.948. The summed E-state index contributed by atoms with van der Waals surface area (Å²) in [7, 11) is -3.89. The largest absolute Gasteiger partial charge is 0.480 e. The van der Waals surface area contributed by atoms with Crippen LogP contribution in [-0.2, 0) is 19.4 Å². The van der Waals surface area contributed by atoms with Gasteiger partial charge >= 0.3 is 5.97 Å². The Bertz CT molecular complexity index is 820. The minimum absolute atomic E-state index is 0.0631. The third-order valence-electron chi connectivity index (χ3n) is 5.00. The van der Waals surface area contributed by atoms with E-state index in [9.17, 15) is 28.2 Å². The highest BCUT2D eigenvalue weighted by molar-refractivity contribution is 7.92. The number of likely N-dealkylation sites (tertiary alicyclic amines) is 1. The lowest BCUT2D eigenvalue weighted by atomic mass is 10.1. The average Bonchev–Trinajstić information content (AvgIpc) is 3.23. The minimum atomic E-state index is -3.89. The number of nitrogens with zero attached hydrogens (tertiary/aromatic N) is 1. The van der Waals surface area contributed by atoms with Gasteiger partial charge in [-0.15, -0.1) is 0 Å². The Hall–Kier alpha value is -1.64. The van der Waals surface area contributed by atoms with Crippen molar-refractivity contribution >= 4 is 33.3 Å². The molecule has 1 aromatic carbocycles. The standard InChI is InChI=1S/C16H18ClNO6S/c17-11-3-1-2-4-13(11)25(23,24)10-7-12(14(20)21)18(8-10)15(22)16(9-19)5-6-16/h1-4,10,12,19H,5-9H2,(H,20,21). The van der Waals surface area contributed by atoms with E-state index in [0.717, 1.165) is 4.90 Å². The predicted molar refractivity (Wildman–Crippen MR) is 88.9 cm³/mol. The third kappa shape index (κ3) is 3.02. The van der Waals surface area contributed by atoms with Crippen molar-refractivity contribution < 1.29 is 28.2 Å². The summed E-state index contributed by atoms with van der Waals surface area (Å²) in [6, 6.07) is 4.74. The molecule has 0 radical (unpaired) electrons. The Labute approximate surface area is 150 Å². The van der Waals surface area contributed by atoms with E-state index in [4.69, 9.17) is 11.6 Å². The summed E-state index contributed by atoms with van der Waals surface area (Å²) < 4.78 is 25.7. The smallest absolute Gasteiger partial charge is 0.326 e. The van der Waals surface area contributed by atoms with Gasteiger partial charge in [0.1, 0.15) is 6.04 Å². The zero-order valence-electron chi connectivity index (χ0n) is 13.3. The molecule has 1 aliphatic carbocycles. The van der Waals surface area contributed by atoms with Crippen LogP contribution in [0, 0.1) is 5.41 Å². The lowest BCUT2D eigenvalue weighted by Gasteiger charge is -2.25. The van der Waals surface area contributed by atoms with Crippen molar-refractivity contribution in [1.82, 2.24) is 4.90 Å². The number of hydrogen-bond acceptors (Lipinski definition) is 5. The molecule has 2 N–H and O–H groups in total. The van der Waals surface area contributed by atoms with Crippen molar-refractivity contribution in [3.05, 3.63) is 29.3 Å². The second kappa shape index (κ2) is 6.26. The van der Waals surface area contributed by atoms with Gasteiger partial charge < -0.3 is 15.1 Å². The zero-order chi connectivity index (χ0) is 18.4. The van der Waals surface area contributed by atoms with Crippen LogP contribution < -0.4 is 0 Å². The van der Waals surface area contributed by atoms with E-state index in [1.165, 1.54) is 18.2 Å². The average molecular weight is 388 g/mol. The van der Waals surface area contributed by atoms with Crippen LogP contribution in [0.5, 0.6) is 0 Å². The van der Waals surface area contributed by atoms with Gasteiger partial charge in [-0.2, -0.15) is 0 Å². The molecule has 2 fully saturated rings. The summed E-state index contributed by atoms with van der Waals surface area (Å²) in [5, 5.41) is 17.9. The fourth-order valence-electron chi connectivity index (χ4n) is 3.23. The number of hydrogen-bond donors (Lipinski definition) is 2. The molecule has 1 aliphatic heterocycles. The van der Waals surface area contributed by atoms with Crippen LogP contribution in [-0.4, -0.2) is 59.9 Å². The number of carboxylic acids is 1. The molecule has 25 heavy (non-hydrogen) atoms. The first-order chi connectivity index (χ1) is 11.7. The highest BCUT2D eigenvalue weighted by atomic mass is 35.5. The first-order valence-corrected chi connectivity index (χ1v) is 9.78. The van der Waals surface area contributed by atoms with Gasteiger partial charge in [-0.1, -0.05) is 23.7 Å². The van der Waals surface area contributed by atoms with Crippen LogP contribution in [0.2, 0.25) is 5.02 Å². The van der Waals surface area contributed by atoms with Crippen molar-refractivity contribution in [3.63, 3.8) is 0 Å². The molecule has 0 spiro atoms. The molecule has 1 amide bonds. The molecule has 3 rings (SSSR count). The fraction of sp³-hybridized carbons (Fsp3) is 0.500. The molecule has 1 saturated carbocycles. The lowest BCUT2D eigenvalue weighted by Crippen LogP contribution is -2.45. The first kappa shape index (κ1) is 18.2. The maximum Gasteiger partial charge on any atom is 0.326 e. The Kier molecular flexibility index (Phi) is 4.55. The molecule has 0 aromatic heterocycles. The van der Waals surface area contributed by atoms with Crippen molar-refractivity contribution in [2.45, 2.75) is 35.4 Å². The molecule has 2 unspecified atom stereocenters. The van der Waals surface area contributed by atoms with E-state index < -0.39 is 38.4 Å². The van der Waals surface area contributed by atoms with E-state index >= 15 is 0 Å². The van der Waals surface area contributed by atoms with Crippen molar-refractivity contribution in [2.24, 2.45) is 5.41 Å². The van der Waals surface area contributed by atoms with Crippen molar-refractivity contribution in [2.75, 3.05) is 13.2 Å². The van der Waals surface area contributed by atoms with Crippen LogP contribution in [0.3, 0.4) is 0 Å². The Morgan fingerprint density at radius 2 is 1.92 bits per heavy atom. The first-order valence-electron chi connectivity index (χ1n) is 7.86. The van der Waals surface area contributed by atoms with Gasteiger partial charge in [0.15, 0.2) is 9.84 Å². The molecule has 1 saturated heterocycles. The number of halogens is 1. The third-order valence-corrected chi connectivity index (χ3v) is 7.63. The molecule has 7 nitrogen and oxygen atoms in total. The second-order valence-corrected chi connectivity index (χ2v) is 9.19. The highest BCUT2D eigenvalue weighted by Crippen LogP contribution is 2.48. The molecule has 1 heterocycles. The summed E-state index contributed by atoms with van der Waals surface area (Å²) in [6.45, 7) is -0.582. The number of aliphatic carboxylic acids is 1. The Morgan fingerprint density at radius 1 is 1.28 bits per heavy atom. The Balaban J connectivity index is 1.91. The van der Waals surface area contributed by atoms with Gasteiger partial charge in [0.2, 0.25) is 5.91 Å². The Morgan fingerprint density at radius 3 is 2.44 bits per heavy atom. The lowest BCUT2D eigenvalue weighted by molar-refractivity contribution is -0.151. The molecule has 1 aromatic rings. The van der Waals surface area contributed by atoms with Crippen LogP contribution >= 0.6 is 11.6 Å². The van der Waals surface area contributed by atoms with Crippen LogP contribution in [0.15, 0.2) is 29.2 Å². The van der Waals surface area contributed by atoms with E-state index in [-0.39, 0.29) is 29.5 Å². The monoisotopic (exact) mass is 387 g/mol. The maximum atomic E-state index is 12.9. The van der Waals surface area contributed by atoms with Crippen LogP contribution in [0.1, 0.15) is 19.3 Å². The number of amides is 1. The summed E-state index contributed by atoms with van der Waals surface area (Å²) >= 11 is 5.98. The van der Waals surface area contributed by atoms with Gasteiger partial charge in [-0.3, -0.25) is 4.79 Å². The number of benzene rings is 1. The normalized spacial score (nSPS) is 25.0. The molecule has 0 bridgehead atoms. The van der Waals surface area contributed by atoms with Crippen molar-refractivity contribution in [1.29, 1.82) is 0 Å². The molecule has 136 valence electrons. The van der Waals surface area contributed by atoms with E-state index in [1.54, 1.807) is 6.07 Å². The topological polar surface area (TPSA) is 112 Å². The summed E-state index contributed by atoms with van der Waals surface area (Å²) in [5.74, 6) is -1.74. The quantitative estimate of drug-likeness (QED) is 0.777. The molecule has 2 aliphatic rings. The van der Waals surface area contributed by atoms with Gasteiger partial charge in [0.25, 0.3) is 0 Å². The number of carbonyl (C=O) groups excluding carboxylic acids is 1. The summed E-state index contributed by atoms with van der Waals surface area (Å²) in [6.07, 6.45) is 0.760. The van der Waals surface area contributed by atoms with Crippen LogP contribution in [0.25, 0.3) is 0 Å². The SMILES string of the molecule is O=C(O)C1CC(S(=O)(=O)c2ccccc2Cl)CN1C(=O)C1(CO)CC1. The van der Waals surface area contributed by atoms with E-state index in [0.29, 0.717) is 12.8 Å². The zero-order valence-corrected chi connectivity index (χ0v) is 14.8. The molecule has 2 atom stereocenters. The fourth-order valence-corrected chi connectivity index (χ4v) is 5.45. The molecule has 9 heteroatoms. The number of carboxylic acid groups (broad SMARTS) is 1. The van der Waals surface area contributed by atoms with Gasteiger partial charge in [0, 0.05) is 6.54 Å². The van der Waals surface area contributed by atoms with Gasteiger partial charge in [0.05, 0.1) is 27.2 Å². The maximum absolute atomic E-state index is 12.9. The van der Waals surface area contributed by atoms with E-state index in [2.05, 4.69) is 0 Å². The number of aliphatic hydroxyl groups is 1. The summed E-state index contributed by atoms with van der Waals surface area (Å²) in [4.78, 5) is 25.2. The van der Waals surface area contributed by atoms with Crippen LogP contribution in [0.4, 0.5) is 0 Å². The van der Waals surface area contributed by atoms with Gasteiger partial charge in [-0.25, -0.2) is 13.2 Å². The predicted octanol–water partition coefficient (Wildman–Crippen LogP) is 0.940. The minimum Gasteiger partial charge on any atom is -0.480 e. The number of rotatable bonds is 5. The van der Waals surface area contributed by atoms with E-state index in [1.807, 2.05) is 0 Å². The number of sulfone groups is 1. The second-order valence-electron chi connectivity index (χ2n) is 6.58.